The standard InChI is InChI=1S/C14H20BrN/c1-11-5-4-8-14(11)16-10-9-12-6-2-3-7-13(12)15/h2-3,6-7,11,14,16H,4-5,8-10H2,1H3. The molecule has 0 saturated heterocycles. The third-order valence-electron chi connectivity index (χ3n) is 3.62. The van der Waals surface area contributed by atoms with Crippen molar-refractivity contribution in [1.29, 1.82) is 0 Å². The van der Waals surface area contributed by atoms with Crippen molar-refractivity contribution in [3.63, 3.8) is 0 Å². The predicted octanol–water partition coefficient (Wildman–Crippen LogP) is 3.77. The Morgan fingerprint density at radius 2 is 2.12 bits per heavy atom. The highest BCUT2D eigenvalue weighted by molar-refractivity contribution is 9.10. The molecule has 16 heavy (non-hydrogen) atoms. The van der Waals surface area contributed by atoms with Crippen LogP contribution in [0.5, 0.6) is 0 Å². The Balaban J connectivity index is 1.78. The SMILES string of the molecule is CC1CCCC1NCCc1ccccc1Br. The van der Waals surface area contributed by atoms with Crippen LogP contribution in [0.15, 0.2) is 28.7 Å². The Hall–Kier alpha value is -0.340. The minimum Gasteiger partial charge on any atom is -0.313 e. The summed E-state index contributed by atoms with van der Waals surface area (Å²) in [5.74, 6) is 0.860. The average Bonchev–Trinajstić information content (AvgIpc) is 2.67. The Labute approximate surface area is 107 Å². The molecule has 0 amide bonds. The molecule has 0 bridgehead atoms. The van der Waals surface area contributed by atoms with Gasteiger partial charge in [0.2, 0.25) is 0 Å². The molecule has 1 fully saturated rings. The molecule has 88 valence electrons. The molecule has 0 heterocycles. The Kier molecular flexibility index (Phi) is 4.42. The van der Waals surface area contributed by atoms with Gasteiger partial charge < -0.3 is 5.32 Å². The largest absolute Gasteiger partial charge is 0.313 e. The number of benzene rings is 1. The number of rotatable bonds is 4. The van der Waals surface area contributed by atoms with Crippen LogP contribution >= 0.6 is 15.9 Å². The first kappa shape index (κ1) is 12.1. The zero-order valence-corrected chi connectivity index (χ0v) is 11.5. The highest BCUT2D eigenvalue weighted by Crippen LogP contribution is 2.24. The molecule has 0 aliphatic heterocycles. The van der Waals surface area contributed by atoms with Gasteiger partial charge in [0.25, 0.3) is 0 Å². The lowest BCUT2D eigenvalue weighted by Crippen LogP contribution is -2.32. The molecule has 1 aliphatic carbocycles. The van der Waals surface area contributed by atoms with Crippen LogP contribution in [0.2, 0.25) is 0 Å². The van der Waals surface area contributed by atoms with Crippen molar-refractivity contribution in [2.24, 2.45) is 5.92 Å². The van der Waals surface area contributed by atoms with Crippen LogP contribution in [-0.2, 0) is 6.42 Å². The lowest BCUT2D eigenvalue weighted by Gasteiger charge is -2.17. The van der Waals surface area contributed by atoms with Gasteiger partial charge in [-0.2, -0.15) is 0 Å². The van der Waals surface area contributed by atoms with Crippen molar-refractivity contribution in [2.45, 2.75) is 38.6 Å². The van der Waals surface area contributed by atoms with E-state index in [-0.39, 0.29) is 0 Å². The maximum absolute atomic E-state index is 3.69. The Morgan fingerprint density at radius 3 is 2.81 bits per heavy atom. The van der Waals surface area contributed by atoms with Gasteiger partial charge in [0.05, 0.1) is 0 Å². The summed E-state index contributed by atoms with van der Waals surface area (Å²) < 4.78 is 1.23. The molecule has 1 aliphatic rings. The Bertz CT molecular complexity index is 337. The van der Waals surface area contributed by atoms with Crippen molar-refractivity contribution in [3.8, 4) is 0 Å². The summed E-state index contributed by atoms with van der Waals surface area (Å²) in [6.45, 7) is 3.46. The van der Waals surface area contributed by atoms with E-state index in [1.807, 2.05) is 0 Å². The molecule has 1 N–H and O–H groups in total. The molecule has 2 rings (SSSR count). The van der Waals surface area contributed by atoms with Gasteiger partial charge in [-0.1, -0.05) is 47.5 Å². The topological polar surface area (TPSA) is 12.0 Å². The smallest absolute Gasteiger partial charge is 0.0207 e. The molecule has 0 spiro atoms. The third kappa shape index (κ3) is 3.08. The quantitative estimate of drug-likeness (QED) is 0.886. The van der Waals surface area contributed by atoms with Gasteiger partial charge in [-0.3, -0.25) is 0 Å². The van der Waals surface area contributed by atoms with Gasteiger partial charge in [0.15, 0.2) is 0 Å². The molecule has 1 nitrogen and oxygen atoms in total. The second kappa shape index (κ2) is 5.83. The Morgan fingerprint density at radius 1 is 1.31 bits per heavy atom. The lowest BCUT2D eigenvalue weighted by atomic mass is 10.1. The monoisotopic (exact) mass is 281 g/mol. The second-order valence-corrected chi connectivity index (χ2v) is 5.66. The van der Waals surface area contributed by atoms with E-state index < -0.39 is 0 Å². The lowest BCUT2D eigenvalue weighted by molar-refractivity contribution is 0.430. The van der Waals surface area contributed by atoms with Crippen LogP contribution < -0.4 is 5.32 Å². The van der Waals surface area contributed by atoms with Crippen molar-refractivity contribution in [2.75, 3.05) is 6.54 Å². The zero-order valence-electron chi connectivity index (χ0n) is 9.88. The molecule has 1 aromatic rings. The van der Waals surface area contributed by atoms with E-state index in [0.717, 1.165) is 24.9 Å². The van der Waals surface area contributed by atoms with Gasteiger partial charge in [-0.05, 0) is 43.4 Å². The molecule has 2 heteroatoms. The van der Waals surface area contributed by atoms with E-state index in [4.69, 9.17) is 0 Å². The normalized spacial score (nSPS) is 24.9. The van der Waals surface area contributed by atoms with Gasteiger partial charge in [0, 0.05) is 10.5 Å². The first-order valence-corrected chi connectivity index (χ1v) is 7.03. The molecule has 2 atom stereocenters. The number of hydrogen-bond donors (Lipinski definition) is 1. The number of halogens is 1. The second-order valence-electron chi connectivity index (χ2n) is 4.81. The molecular weight excluding hydrogens is 262 g/mol. The number of nitrogens with one attached hydrogen (secondary N) is 1. The molecule has 0 aromatic heterocycles. The zero-order chi connectivity index (χ0) is 11.4. The van der Waals surface area contributed by atoms with Crippen LogP contribution in [0.4, 0.5) is 0 Å². The van der Waals surface area contributed by atoms with Crippen molar-refractivity contribution < 1.29 is 0 Å². The molecule has 1 aromatic carbocycles. The predicted molar refractivity (Wildman–Crippen MR) is 72.7 cm³/mol. The molecule has 0 radical (unpaired) electrons. The highest BCUT2D eigenvalue weighted by atomic mass is 79.9. The van der Waals surface area contributed by atoms with E-state index in [9.17, 15) is 0 Å². The maximum atomic E-state index is 3.69. The van der Waals surface area contributed by atoms with Crippen LogP contribution in [-0.4, -0.2) is 12.6 Å². The van der Waals surface area contributed by atoms with Crippen molar-refractivity contribution in [1.82, 2.24) is 5.32 Å². The fourth-order valence-corrected chi connectivity index (χ4v) is 3.03. The number of hydrogen-bond acceptors (Lipinski definition) is 1. The van der Waals surface area contributed by atoms with Crippen molar-refractivity contribution in [3.05, 3.63) is 34.3 Å². The van der Waals surface area contributed by atoms with E-state index in [1.165, 1.54) is 29.3 Å². The molecular formula is C14H20BrN. The van der Waals surface area contributed by atoms with E-state index in [1.54, 1.807) is 0 Å². The van der Waals surface area contributed by atoms with E-state index in [2.05, 4.69) is 52.4 Å². The molecule has 2 unspecified atom stereocenters. The van der Waals surface area contributed by atoms with Crippen LogP contribution in [0.3, 0.4) is 0 Å². The highest BCUT2D eigenvalue weighted by Gasteiger charge is 2.22. The summed E-state index contributed by atoms with van der Waals surface area (Å²) >= 11 is 3.59. The molecule has 1 saturated carbocycles. The van der Waals surface area contributed by atoms with Crippen LogP contribution in [0.25, 0.3) is 0 Å². The van der Waals surface area contributed by atoms with Gasteiger partial charge >= 0.3 is 0 Å². The summed E-state index contributed by atoms with van der Waals surface area (Å²) in [4.78, 5) is 0. The summed E-state index contributed by atoms with van der Waals surface area (Å²) in [6.07, 6.45) is 5.27. The third-order valence-corrected chi connectivity index (χ3v) is 4.39. The van der Waals surface area contributed by atoms with Crippen molar-refractivity contribution >= 4 is 15.9 Å². The van der Waals surface area contributed by atoms with Gasteiger partial charge in [-0.25, -0.2) is 0 Å². The van der Waals surface area contributed by atoms with Crippen LogP contribution in [0, 0.1) is 5.92 Å². The maximum Gasteiger partial charge on any atom is 0.0207 e. The average molecular weight is 282 g/mol. The van der Waals surface area contributed by atoms with E-state index >= 15 is 0 Å². The minimum atomic E-state index is 0.752. The summed E-state index contributed by atoms with van der Waals surface area (Å²) in [7, 11) is 0. The van der Waals surface area contributed by atoms with Gasteiger partial charge in [-0.15, -0.1) is 0 Å². The van der Waals surface area contributed by atoms with E-state index in [0.29, 0.717) is 0 Å². The fraction of sp³-hybridized carbons (Fsp3) is 0.571. The fourth-order valence-electron chi connectivity index (χ4n) is 2.54. The first-order chi connectivity index (χ1) is 7.77. The summed E-state index contributed by atoms with van der Waals surface area (Å²) in [5, 5.41) is 3.69. The van der Waals surface area contributed by atoms with Crippen LogP contribution in [0.1, 0.15) is 31.7 Å². The summed E-state index contributed by atoms with van der Waals surface area (Å²) in [5.41, 5.74) is 1.40. The minimum absolute atomic E-state index is 0.752. The van der Waals surface area contributed by atoms with Gasteiger partial charge in [0.1, 0.15) is 0 Å². The summed E-state index contributed by atoms with van der Waals surface area (Å²) in [6, 6.07) is 9.25. The first-order valence-electron chi connectivity index (χ1n) is 6.24.